The number of carbonyl (C=O) groups is 1. The topological polar surface area (TPSA) is 42.0 Å². The first-order valence-electron chi connectivity index (χ1n) is 10.00. The Morgan fingerprint density at radius 3 is 2.41 bits per heavy atom. The summed E-state index contributed by atoms with van der Waals surface area (Å²) in [5.74, 6) is -0.0509. The third kappa shape index (κ3) is 4.52. The highest BCUT2D eigenvalue weighted by atomic mass is 16.1. The van der Waals surface area contributed by atoms with Crippen molar-refractivity contribution in [1.82, 2.24) is 10.3 Å². The van der Waals surface area contributed by atoms with Crippen LogP contribution in [-0.2, 0) is 6.42 Å². The maximum absolute atomic E-state index is 13.0. The molecule has 29 heavy (non-hydrogen) atoms. The lowest BCUT2D eigenvalue weighted by Gasteiger charge is -2.11. The molecule has 0 bridgehead atoms. The molecule has 4 aromatic rings. The van der Waals surface area contributed by atoms with Crippen molar-refractivity contribution in [3.8, 4) is 11.3 Å². The van der Waals surface area contributed by atoms with Crippen molar-refractivity contribution in [3.63, 3.8) is 0 Å². The Morgan fingerprint density at radius 2 is 1.62 bits per heavy atom. The van der Waals surface area contributed by atoms with Gasteiger partial charge in [-0.05, 0) is 37.5 Å². The van der Waals surface area contributed by atoms with Gasteiger partial charge in [-0.3, -0.25) is 4.79 Å². The van der Waals surface area contributed by atoms with Crippen molar-refractivity contribution in [2.24, 2.45) is 0 Å². The zero-order valence-corrected chi connectivity index (χ0v) is 16.6. The van der Waals surface area contributed by atoms with Crippen molar-refractivity contribution in [2.75, 3.05) is 6.54 Å². The second kappa shape index (κ2) is 8.70. The van der Waals surface area contributed by atoms with E-state index in [0.29, 0.717) is 12.1 Å². The molecule has 1 heterocycles. The van der Waals surface area contributed by atoms with Gasteiger partial charge in [0.05, 0.1) is 16.8 Å². The summed E-state index contributed by atoms with van der Waals surface area (Å²) in [4.78, 5) is 17.7. The molecule has 0 radical (unpaired) electrons. The normalized spacial score (nSPS) is 10.8. The van der Waals surface area contributed by atoms with E-state index in [1.165, 1.54) is 11.1 Å². The third-order valence-electron chi connectivity index (χ3n) is 5.08. The smallest absolute Gasteiger partial charge is 0.252 e. The molecule has 0 aliphatic rings. The summed E-state index contributed by atoms with van der Waals surface area (Å²) in [5, 5.41) is 3.96. The van der Waals surface area contributed by atoms with E-state index >= 15 is 0 Å². The number of pyridine rings is 1. The second-order valence-corrected chi connectivity index (χ2v) is 7.28. The number of hydrogen-bond acceptors (Lipinski definition) is 2. The molecule has 0 aliphatic carbocycles. The summed E-state index contributed by atoms with van der Waals surface area (Å²) in [6.07, 6.45) is 1.86. The van der Waals surface area contributed by atoms with Crippen LogP contribution in [0, 0.1) is 6.92 Å². The van der Waals surface area contributed by atoms with E-state index in [9.17, 15) is 4.79 Å². The molecule has 3 aromatic carbocycles. The predicted molar refractivity (Wildman–Crippen MR) is 119 cm³/mol. The fourth-order valence-corrected chi connectivity index (χ4v) is 3.47. The van der Waals surface area contributed by atoms with Crippen molar-refractivity contribution < 1.29 is 4.79 Å². The Bertz CT molecular complexity index is 1120. The minimum atomic E-state index is -0.0509. The Hall–Kier alpha value is -3.46. The number of aromatic nitrogens is 1. The highest BCUT2D eigenvalue weighted by Crippen LogP contribution is 2.25. The number of aryl methyl sites for hydroxylation is 2. The summed E-state index contributed by atoms with van der Waals surface area (Å²) in [6, 6.07) is 28.3. The molecule has 0 spiro atoms. The van der Waals surface area contributed by atoms with Gasteiger partial charge in [0.15, 0.2) is 0 Å². The summed E-state index contributed by atoms with van der Waals surface area (Å²) >= 11 is 0. The van der Waals surface area contributed by atoms with Crippen LogP contribution in [0.25, 0.3) is 22.2 Å². The number of para-hydroxylation sites is 1. The molecule has 3 heteroatoms. The number of amides is 1. The van der Waals surface area contributed by atoms with E-state index in [1.807, 2.05) is 60.7 Å². The Balaban J connectivity index is 1.55. The van der Waals surface area contributed by atoms with Crippen LogP contribution in [-0.4, -0.2) is 17.4 Å². The van der Waals surface area contributed by atoms with Crippen molar-refractivity contribution >= 4 is 16.8 Å². The lowest BCUT2D eigenvalue weighted by Crippen LogP contribution is -2.25. The molecule has 0 saturated heterocycles. The van der Waals surface area contributed by atoms with Gasteiger partial charge in [0.25, 0.3) is 5.91 Å². The SMILES string of the molecule is Cc1ccc(-c2cc(C(=O)NCCCc3ccccc3)c3ccccc3n2)cc1. The maximum atomic E-state index is 13.0. The van der Waals surface area contributed by atoms with Crippen LogP contribution >= 0.6 is 0 Å². The molecule has 3 nitrogen and oxygen atoms in total. The first kappa shape index (κ1) is 18.9. The molecule has 1 amide bonds. The first-order valence-corrected chi connectivity index (χ1v) is 10.00. The number of benzene rings is 3. The van der Waals surface area contributed by atoms with E-state index in [4.69, 9.17) is 4.98 Å². The average molecular weight is 380 g/mol. The lowest BCUT2D eigenvalue weighted by molar-refractivity contribution is 0.0955. The third-order valence-corrected chi connectivity index (χ3v) is 5.08. The van der Waals surface area contributed by atoms with E-state index in [1.54, 1.807) is 0 Å². The van der Waals surface area contributed by atoms with Gasteiger partial charge in [-0.25, -0.2) is 4.98 Å². The highest BCUT2D eigenvalue weighted by Gasteiger charge is 2.13. The van der Waals surface area contributed by atoms with E-state index in [0.717, 1.165) is 35.0 Å². The number of fused-ring (bicyclic) bond motifs is 1. The molecule has 1 aromatic heterocycles. The molecule has 0 unspecified atom stereocenters. The lowest BCUT2D eigenvalue weighted by atomic mass is 10.0. The zero-order valence-electron chi connectivity index (χ0n) is 16.6. The molecule has 4 rings (SSSR count). The van der Waals surface area contributed by atoms with Crippen molar-refractivity contribution in [1.29, 1.82) is 0 Å². The van der Waals surface area contributed by atoms with E-state index in [-0.39, 0.29) is 5.91 Å². The summed E-state index contributed by atoms with van der Waals surface area (Å²) in [7, 11) is 0. The molecular weight excluding hydrogens is 356 g/mol. The van der Waals surface area contributed by atoms with Gasteiger partial charge in [-0.15, -0.1) is 0 Å². The summed E-state index contributed by atoms with van der Waals surface area (Å²) < 4.78 is 0. The minimum Gasteiger partial charge on any atom is -0.352 e. The van der Waals surface area contributed by atoms with Crippen molar-refractivity contribution in [3.05, 3.63) is 102 Å². The van der Waals surface area contributed by atoms with Crippen LogP contribution in [0.5, 0.6) is 0 Å². The van der Waals surface area contributed by atoms with Gasteiger partial charge in [0, 0.05) is 17.5 Å². The number of nitrogens with one attached hydrogen (secondary N) is 1. The summed E-state index contributed by atoms with van der Waals surface area (Å²) in [5.41, 5.74) is 5.83. The van der Waals surface area contributed by atoms with Gasteiger partial charge in [0.1, 0.15) is 0 Å². The minimum absolute atomic E-state index is 0.0509. The molecular formula is C26H24N2O. The number of rotatable bonds is 6. The van der Waals surface area contributed by atoms with Gasteiger partial charge in [0.2, 0.25) is 0 Å². The zero-order chi connectivity index (χ0) is 20.1. The van der Waals surface area contributed by atoms with Crippen molar-refractivity contribution in [2.45, 2.75) is 19.8 Å². The predicted octanol–water partition coefficient (Wildman–Crippen LogP) is 5.57. The van der Waals surface area contributed by atoms with E-state index < -0.39 is 0 Å². The quantitative estimate of drug-likeness (QED) is 0.444. The van der Waals surface area contributed by atoms with Crippen LogP contribution in [0.15, 0.2) is 84.9 Å². The van der Waals surface area contributed by atoms with Gasteiger partial charge >= 0.3 is 0 Å². The average Bonchev–Trinajstić information content (AvgIpc) is 2.77. The fourth-order valence-electron chi connectivity index (χ4n) is 3.47. The van der Waals surface area contributed by atoms with Crippen LogP contribution in [0.3, 0.4) is 0 Å². The van der Waals surface area contributed by atoms with Crippen LogP contribution < -0.4 is 5.32 Å². The Morgan fingerprint density at radius 1 is 0.897 bits per heavy atom. The highest BCUT2D eigenvalue weighted by molar-refractivity contribution is 6.07. The molecule has 0 atom stereocenters. The van der Waals surface area contributed by atoms with Crippen LogP contribution in [0.2, 0.25) is 0 Å². The monoisotopic (exact) mass is 380 g/mol. The number of nitrogens with zero attached hydrogens (tertiary/aromatic N) is 1. The second-order valence-electron chi connectivity index (χ2n) is 7.28. The fraction of sp³-hybridized carbons (Fsp3) is 0.154. The number of hydrogen-bond donors (Lipinski definition) is 1. The molecule has 0 aliphatic heterocycles. The Kier molecular flexibility index (Phi) is 5.66. The molecule has 1 N–H and O–H groups in total. The summed E-state index contributed by atoms with van der Waals surface area (Å²) in [6.45, 7) is 2.70. The van der Waals surface area contributed by atoms with E-state index in [2.05, 4.69) is 36.5 Å². The first-order chi connectivity index (χ1) is 14.2. The maximum Gasteiger partial charge on any atom is 0.252 e. The van der Waals surface area contributed by atoms with Crippen LogP contribution in [0.1, 0.15) is 27.9 Å². The van der Waals surface area contributed by atoms with Crippen LogP contribution in [0.4, 0.5) is 0 Å². The largest absolute Gasteiger partial charge is 0.352 e. The standard InChI is InChI=1S/C26H24N2O/c1-19-13-15-21(16-14-19)25-18-23(22-11-5-6-12-24(22)28-25)26(29)27-17-7-10-20-8-3-2-4-9-20/h2-6,8-9,11-16,18H,7,10,17H2,1H3,(H,27,29). The van der Waals surface area contributed by atoms with Gasteiger partial charge < -0.3 is 5.32 Å². The van der Waals surface area contributed by atoms with Gasteiger partial charge in [-0.1, -0.05) is 78.4 Å². The number of carbonyl (C=O) groups excluding carboxylic acids is 1. The molecule has 144 valence electrons. The Labute approximate surface area is 171 Å². The van der Waals surface area contributed by atoms with Gasteiger partial charge in [-0.2, -0.15) is 0 Å². The molecule has 0 fully saturated rings. The molecule has 0 saturated carbocycles.